The van der Waals surface area contributed by atoms with Crippen molar-refractivity contribution in [2.45, 2.75) is 38.1 Å². The fraction of sp³-hybridized carbons (Fsp3) is 0.217. The maximum absolute atomic E-state index is 12.9. The van der Waals surface area contributed by atoms with Gasteiger partial charge in [-0.2, -0.15) is 0 Å². The fourth-order valence-electron chi connectivity index (χ4n) is 3.28. The molecule has 32 heavy (non-hydrogen) atoms. The van der Waals surface area contributed by atoms with Gasteiger partial charge in [-0.05, 0) is 52.0 Å². The number of nitrogens with one attached hydrogen (secondary N) is 2. The predicted molar refractivity (Wildman–Crippen MR) is 128 cm³/mol. The molecule has 0 radical (unpaired) electrons. The van der Waals surface area contributed by atoms with Crippen LogP contribution >= 0.6 is 11.3 Å². The van der Waals surface area contributed by atoms with Crippen molar-refractivity contribution in [1.82, 2.24) is 14.1 Å². The Balaban J connectivity index is 1.53. The molecule has 166 valence electrons. The number of carbonyl (C=O) groups excluding carboxylic acids is 1. The van der Waals surface area contributed by atoms with E-state index in [4.69, 9.17) is 0 Å². The second-order valence-corrected chi connectivity index (χ2v) is 11.2. The SMILES string of the molecule is Cc1c(C(=O)Nc2ccc(S(=O)(=O)NC(C)(C)C)cc2)sc2nc(-c3ccccc3)cn12. The number of carbonyl (C=O) groups is 1. The third-order valence-corrected chi connectivity index (χ3v) is 7.63. The number of fused-ring (bicyclic) bond motifs is 1. The van der Waals surface area contributed by atoms with Crippen LogP contribution in [0.25, 0.3) is 16.2 Å². The van der Waals surface area contributed by atoms with Gasteiger partial charge in [-0.3, -0.25) is 9.20 Å². The average molecular weight is 469 g/mol. The lowest BCUT2D eigenvalue weighted by Gasteiger charge is -2.20. The van der Waals surface area contributed by atoms with Gasteiger partial charge in [0.1, 0.15) is 4.88 Å². The number of imidazole rings is 1. The molecule has 9 heteroatoms. The van der Waals surface area contributed by atoms with Crippen LogP contribution in [0.4, 0.5) is 5.69 Å². The summed E-state index contributed by atoms with van der Waals surface area (Å²) in [4.78, 5) is 18.9. The van der Waals surface area contributed by atoms with Gasteiger partial charge < -0.3 is 5.32 Å². The first-order chi connectivity index (χ1) is 15.0. The van der Waals surface area contributed by atoms with Crippen LogP contribution in [0.3, 0.4) is 0 Å². The highest BCUT2D eigenvalue weighted by Crippen LogP contribution is 2.28. The molecule has 0 aliphatic carbocycles. The van der Waals surface area contributed by atoms with Crippen LogP contribution in [0.2, 0.25) is 0 Å². The van der Waals surface area contributed by atoms with Gasteiger partial charge in [0.15, 0.2) is 4.96 Å². The van der Waals surface area contributed by atoms with E-state index in [-0.39, 0.29) is 10.8 Å². The minimum atomic E-state index is -3.63. The smallest absolute Gasteiger partial charge is 0.267 e. The molecule has 2 N–H and O–H groups in total. The molecule has 2 aromatic carbocycles. The molecular formula is C23H24N4O3S2. The molecule has 0 fully saturated rings. The Bertz CT molecular complexity index is 1380. The Morgan fingerprint density at radius 3 is 2.28 bits per heavy atom. The summed E-state index contributed by atoms with van der Waals surface area (Å²) in [6.07, 6.45) is 1.93. The van der Waals surface area contributed by atoms with Crippen molar-refractivity contribution in [3.8, 4) is 11.3 Å². The lowest BCUT2D eigenvalue weighted by molar-refractivity contribution is 0.102. The second-order valence-electron chi connectivity index (χ2n) is 8.50. The number of aromatic nitrogens is 2. The van der Waals surface area contributed by atoms with E-state index in [0.29, 0.717) is 10.6 Å². The highest BCUT2D eigenvalue weighted by Gasteiger charge is 2.22. The molecule has 0 aliphatic rings. The molecule has 0 saturated heterocycles. The summed E-state index contributed by atoms with van der Waals surface area (Å²) < 4.78 is 29.4. The molecule has 0 aliphatic heterocycles. The zero-order chi connectivity index (χ0) is 23.1. The quantitative estimate of drug-likeness (QED) is 0.444. The third-order valence-electron chi connectivity index (χ3n) is 4.70. The van der Waals surface area contributed by atoms with Crippen molar-refractivity contribution in [2.75, 3.05) is 5.32 Å². The molecule has 4 rings (SSSR count). The summed E-state index contributed by atoms with van der Waals surface area (Å²) in [5, 5.41) is 2.84. The Morgan fingerprint density at radius 1 is 1.03 bits per heavy atom. The Labute approximate surface area is 191 Å². The minimum Gasteiger partial charge on any atom is -0.321 e. The van der Waals surface area contributed by atoms with Crippen molar-refractivity contribution in [2.24, 2.45) is 0 Å². The molecular weight excluding hydrogens is 444 g/mol. The van der Waals surface area contributed by atoms with Crippen molar-refractivity contribution >= 4 is 37.9 Å². The molecule has 0 saturated carbocycles. The van der Waals surface area contributed by atoms with E-state index in [9.17, 15) is 13.2 Å². The number of anilines is 1. The predicted octanol–water partition coefficient (Wildman–Crippen LogP) is 4.70. The van der Waals surface area contributed by atoms with Gasteiger partial charge in [0, 0.05) is 28.7 Å². The first kappa shape index (κ1) is 22.2. The molecule has 2 aromatic heterocycles. The van der Waals surface area contributed by atoms with Crippen LogP contribution in [0.5, 0.6) is 0 Å². The zero-order valence-corrected chi connectivity index (χ0v) is 19.8. The summed E-state index contributed by atoms with van der Waals surface area (Å²) >= 11 is 1.31. The highest BCUT2D eigenvalue weighted by atomic mass is 32.2. The summed E-state index contributed by atoms with van der Waals surface area (Å²) in [6, 6.07) is 16.0. The summed E-state index contributed by atoms with van der Waals surface area (Å²) in [5.74, 6) is -0.261. The molecule has 2 heterocycles. The summed E-state index contributed by atoms with van der Waals surface area (Å²) in [6.45, 7) is 7.22. The first-order valence-corrected chi connectivity index (χ1v) is 12.3. The van der Waals surface area contributed by atoms with Gasteiger partial charge in [-0.1, -0.05) is 41.7 Å². The van der Waals surface area contributed by atoms with Crippen LogP contribution in [0, 0.1) is 6.92 Å². The highest BCUT2D eigenvalue weighted by molar-refractivity contribution is 7.89. The van der Waals surface area contributed by atoms with Gasteiger partial charge in [0.05, 0.1) is 10.6 Å². The number of aryl methyl sites for hydroxylation is 1. The average Bonchev–Trinajstić information content (AvgIpc) is 3.27. The molecule has 0 unspecified atom stereocenters. The third kappa shape index (κ3) is 4.59. The van der Waals surface area contributed by atoms with Crippen molar-refractivity contribution < 1.29 is 13.2 Å². The van der Waals surface area contributed by atoms with E-state index in [1.54, 1.807) is 32.9 Å². The Morgan fingerprint density at radius 2 is 1.69 bits per heavy atom. The molecule has 4 aromatic rings. The van der Waals surface area contributed by atoms with E-state index in [1.807, 2.05) is 47.9 Å². The largest absolute Gasteiger partial charge is 0.321 e. The maximum atomic E-state index is 12.9. The molecule has 0 spiro atoms. The van der Waals surface area contributed by atoms with Crippen LogP contribution in [0.15, 0.2) is 65.7 Å². The topological polar surface area (TPSA) is 92.6 Å². The fourth-order valence-corrected chi connectivity index (χ4v) is 5.70. The Kier molecular flexibility index (Phi) is 5.66. The number of nitrogens with zero attached hydrogens (tertiary/aromatic N) is 2. The number of hydrogen-bond acceptors (Lipinski definition) is 5. The lowest BCUT2D eigenvalue weighted by Crippen LogP contribution is -2.40. The van der Waals surface area contributed by atoms with E-state index >= 15 is 0 Å². The lowest BCUT2D eigenvalue weighted by atomic mass is 10.1. The number of thiazole rings is 1. The number of rotatable bonds is 5. The molecule has 0 atom stereocenters. The van der Waals surface area contributed by atoms with Crippen molar-refractivity contribution in [3.63, 3.8) is 0 Å². The van der Waals surface area contributed by atoms with Crippen molar-refractivity contribution in [1.29, 1.82) is 0 Å². The normalized spacial score (nSPS) is 12.2. The van der Waals surface area contributed by atoms with Crippen LogP contribution in [-0.2, 0) is 10.0 Å². The second kappa shape index (κ2) is 8.16. The van der Waals surface area contributed by atoms with E-state index in [1.165, 1.54) is 23.5 Å². The molecule has 7 nitrogen and oxygen atoms in total. The van der Waals surface area contributed by atoms with Gasteiger partial charge in [0.2, 0.25) is 10.0 Å². The first-order valence-electron chi connectivity index (χ1n) is 10.0. The van der Waals surface area contributed by atoms with E-state index in [2.05, 4.69) is 15.0 Å². The number of sulfonamides is 1. The molecule has 1 amide bonds. The van der Waals surface area contributed by atoms with Crippen LogP contribution in [0.1, 0.15) is 36.1 Å². The van der Waals surface area contributed by atoms with Gasteiger partial charge >= 0.3 is 0 Å². The summed E-state index contributed by atoms with van der Waals surface area (Å²) in [5.41, 5.74) is 2.60. The van der Waals surface area contributed by atoms with E-state index in [0.717, 1.165) is 21.9 Å². The van der Waals surface area contributed by atoms with Crippen LogP contribution < -0.4 is 10.0 Å². The number of hydrogen-bond donors (Lipinski definition) is 2. The van der Waals surface area contributed by atoms with Gasteiger partial charge in [-0.25, -0.2) is 18.1 Å². The minimum absolute atomic E-state index is 0.143. The van der Waals surface area contributed by atoms with Gasteiger partial charge in [-0.15, -0.1) is 0 Å². The molecule has 0 bridgehead atoms. The number of benzene rings is 2. The Hall–Kier alpha value is -3.01. The monoisotopic (exact) mass is 468 g/mol. The zero-order valence-electron chi connectivity index (χ0n) is 18.2. The number of amides is 1. The van der Waals surface area contributed by atoms with Crippen LogP contribution in [-0.4, -0.2) is 29.2 Å². The standard InChI is InChI=1S/C23H24N4O3S2/c1-15-20(31-22-25-19(14-27(15)22)16-8-6-5-7-9-16)21(28)24-17-10-12-18(13-11-17)32(29,30)26-23(2,3)4/h5-14,26H,1-4H3,(H,24,28). The van der Waals surface area contributed by atoms with Crippen molar-refractivity contribution in [3.05, 3.63) is 71.4 Å². The maximum Gasteiger partial charge on any atom is 0.267 e. The van der Waals surface area contributed by atoms with Gasteiger partial charge in [0.25, 0.3) is 5.91 Å². The summed E-state index contributed by atoms with van der Waals surface area (Å²) in [7, 11) is -3.63. The van der Waals surface area contributed by atoms with E-state index < -0.39 is 15.6 Å².